The summed E-state index contributed by atoms with van der Waals surface area (Å²) in [6.45, 7) is 15.5. The van der Waals surface area contributed by atoms with E-state index in [1.165, 1.54) is 0 Å². The molecule has 2 saturated heterocycles. The second kappa shape index (κ2) is 27.1. The highest BCUT2D eigenvalue weighted by molar-refractivity contribution is 5.72. The van der Waals surface area contributed by atoms with Crippen LogP contribution in [0.1, 0.15) is 132 Å². The Hall–Kier alpha value is -2.52. The molecule has 0 radical (unpaired) electrons. The van der Waals surface area contributed by atoms with Crippen LogP contribution in [0.5, 0.6) is 0 Å². The number of hydrogen-bond donors (Lipinski definition) is 0. The summed E-state index contributed by atoms with van der Waals surface area (Å²) in [5, 5.41) is 3.46. The van der Waals surface area contributed by atoms with Gasteiger partial charge >= 0.3 is 17.9 Å². The van der Waals surface area contributed by atoms with E-state index in [2.05, 4.69) is 23.9 Å². The van der Waals surface area contributed by atoms with Gasteiger partial charge in [0.2, 0.25) is 0 Å². The van der Waals surface area contributed by atoms with Crippen molar-refractivity contribution in [2.24, 2.45) is 11.0 Å². The van der Waals surface area contributed by atoms with Crippen LogP contribution in [0.15, 0.2) is 5.11 Å². The van der Waals surface area contributed by atoms with Gasteiger partial charge in [-0.3, -0.25) is 14.4 Å². The molecule has 0 N–H and O–H groups in total. The molecule has 0 spiro atoms. The van der Waals surface area contributed by atoms with Crippen LogP contribution in [-0.4, -0.2) is 106 Å². The van der Waals surface area contributed by atoms with Gasteiger partial charge in [0.15, 0.2) is 18.7 Å². The standard InChI is InChI=1S/C38H67N3O12/c1-8-11-19-45-30-23-32(46-20-12-9-2)37(50-28(30)6)48-22-15-14-16-35(43)52-33-24-31(53-36(44)26(4)25-40-41-39)29(7)51-38(33)49-27(5)17-18-34(42)47-21-13-10-3/h26-33,37-38H,8-25H2,1-7H3/t26-,27-,28?,29?,30-,31-,32+,33+,37-,38-/m1/s1. The van der Waals surface area contributed by atoms with Gasteiger partial charge in [-0.15, -0.1) is 0 Å². The Morgan fingerprint density at radius 1 is 0.717 bits per heavy atom. The van der Waals surface area contributed by atoms with Crippen LogP contribution in [0.4, 0.5) is 0 Å². The molecule has 0 aliphatic carbocycles. The zero-order chi connectivity index (χ0) is 39.0. The average molecular weight is 758 g/mol. The fraction of sp³-hybridized carbons (Fsp3) is 0.921. The largest absolute Gasteiger partial charge is 0.466 e. The molecule has 0 amide bonds. The van der Waals surface area contributed by atoms with Crippen LogP contribution in [0.2, 0.25) is 0 Å². The van der Waals surface area contributed by atoms with E-state index in [0.29, 0.717) is 52.1 Å². The molecule has 0 aromatic carbocycles. The summed E-state index contributed by atoms with van der Waals surface area (Å²) >= 11 is 0. The highest BCUT2D eigenvalue weighted by Gasteiger charge is 2.42. The molecule has 2 rings (SSSR count). The van der Waals surface area contributed by atoms with Gasteiger partial charge in [0, 0.05) is 57.0 Å². The van der Waals surface area contributed by atoms with E-state index in [0.717, 1.165) is 38.5 Å². The fourth-order valence-corrected chi connectivity index (χ4v) is 5.78. The van der Waals surface area contributed by atoms with Crippen molar-refractivity contribution in [2.45, 2.75) is 187 Å². The fourth-order valence-electron chi connectivity index (χ4n) is 5.78. The molecule has 0 saturated carbocycles. The second-order valence-corrected chi connectivity index (χ2v) is 14.1. The summed E-state index contributed by atoms with van der Waals surface area (Å²) in [4.78, 5) is 40.7. The smallest absolute Gasteiger partial charge is 0.309 e. The molecule has 306 valence electrons. The number of rotatable bonds is 27. The van der Waals surface area contributed by atoms with Gasteiger partial charge in [-0.25, -0.2) is 0 Å². The van der Waals surface area contributed by atoms with E-state index < -0.39 is 54.9 Å². The van der Waals surface area contributed by atoms with E-state index >= 15 is 0 Å². The van der Waals surface area contributed by atoms with E-state index in [4.69, 9.17) is 48.2 Å². The topological polar surface area (TPSA) is 183 Å². The maximum Gasteiger partial charge on any atom is 0.309 e. The summed E-state index contributed by atoms with van der Waals surface area (Å²) in [5.41, 5.74) is 8.62. The van der Waals surface area contributed by atoms with E-state index in [1.807, 2.05) is 20.8 Å². The minimum atomic E-state index is -0.941. The van der Waals surface area contributed by atoms with Crippen molar-refractivity contribution in [3.63, 3.8) is 0 Å². The Kier molecular flexibility index (Phi) is 23.9. The van der Waals surface area contributed by atoms with Gasteiger partial charge in [-0.05, 0) is 64.8 Å². The predicted molar refractivity (Wildman–Crippen MR) is 196 cm³/mol. The minimum Gasteiger partial charge on any atom is -0.466 e. The molecule has 0 aromatic rings. The van der Waals surface area contributed by atoms with Crippen LogP contribution in [0, 0.1) is 5.92 Å². The molecule has 15 nitrogen and oxygen atoms in total. The molecule has 0 aromatic heterocycles. The molecule has 2 aliphatic rings. The summed E-state index contributed by atoms with van der Waals surface area (Å²) in [7, 11) is 0. The Morgan fingerprint density at radius 3 is 2.00 bits per heavy atom. The summed E-state index contributed by atoms with van der Waals surface area (Å²) in [5.74, 6) is -1.96. The van der Waals surface area contributed by atoms with Crippen LogP contribution < -0.4 is 0 Å². The lowest BCUT2D eigenvalue weighted by Crippen LogP contribution is -2.51. The summed E-state index contributed by atoms with van der Waals surface area (Å²) in [6, 6.07) is 0. The maximum absolute atomic E-state index is 13.1. The number of unbranched alkanes of at least 4 members (excludes halogenated alkanes) is 4. The first-order chi connectivity index (χ1) is 25.5. The van der Waals surface area contributed by atoms with Crippen molar-refractivity contribution in [1.29, 1.82) is 0 Å². The van der Waals surface area contributed by atoms with E-state index in [-0.39, 0.29) is 50.1 Å². The van der Waals surface area contributed by atoms with Crippen molar-refractivity contribution in [3.8, 4) is 0 Å². The molecule has 2 aliphatic heterocycles. The summed E-state index contributed by atoms with van der Waals surface area (Å²) < 4.78 is 53.7. The lowest BCUT2D eigenvalue weighted by Gasteiger charge is -2.40. The number of esters is 3. The number of nitrogens with zero attached hydrogens (tertiary/aromatic N) is 3. The number of carbonyl (C=O) groups excluding carboxylic acids is 3. The van der Waals surface area contributed by atoms with Crippen molar-refractivity contribution in [3.05, 3.63) is 10.4 Å². The summed E-state index contributed by atoms with van der Waals surface area (Å²) in [6.07, 6.45) is 3.92. The molecule has 53 heavy (non-hydrogen) atoms. The van der Waals surface area contributed by atoms with Crippen molar-refractivity contribution >= 4 is 17.9 Å². The van der Waals surface area contributed by atoms with Crippen molar-refractivity contribution in [2.75, 3.05) is 33.0 Å². The number of carbonyl (C=O) groups is 3. The lowest BCUT2D eigenvalue weighted by molar-refractivity contribution is -0.281. The maximum atomic E-state index is 13.1. The molecular formula is C38H67N3O12. The molecule has 15 heteroatoms. The van der Waals surface area contributed by atoms with Crippen molar-refractivity contribution < 1.29 is 57.0 Å². The van der Waals surface area contributed by atoms with Crippen LogP contribution >= 0.6 is 0 Å². The third-order valence-corrected chi connectivity index (χ3v) is 9.25. The molecule has 0 bridgehead atoms. The molecule has 2 fully saturated rings. The Balaban J connectivity index is 1.94. The van der Waals surface area contributed by atoms with E-state index in [1.54, 1.807) is 13.8 Å². The van der Waals surface area contributed by atoms with Crippen LogP contribution in [0.25, 0.3) is 10.4 Å². The SMILES string of the molecule is CCCCOC(=O)CC[C@@H](C)O[C@@H]1OC(C)[C@H](OC(=O)[C@H](C)CN=[N+]=[N-])C[C@@H]1OC(=O)CCCCO[C@@H]1OC(C)[C@H](OCCCC)C[C@@H]1OCCCC. The van der Waals surface area contributed by atoms with Gasteiger partial charge in [-0.1, -0.05) is 52.1 Å². The third kappa shape index (κ3) is 18.6. The highest BCUT2D eigenvalue weighted by atomic mass is 16.7. The van der Waals surface area contributed by atoms with Gasteiger partial charge in [0.1, 0.15) is 12.2 Å². The van der Waals surface area contributed by atoms with Gasteiger partial charge < -0.3 is 42.6 Å². The molecular weight excluding hydrogens is 690 g/mol. The number of hydrogen-bond acceptors (Lipinski definition) is 13. The normalized spacial score (nSPS) is 26.9. The first-order valence-corrected chi connectivity index (χ1v) is 19.9. The van der Waals surface area contributed by atoms with E-state index in [9.17, 15) is 14.4 Å². The Bertz CT molecular complexity index is 1090. The first-order valence-electron chi connectivity index (χ1n) is 19.9. The zero-order valence-corrected chi connectivity index (χ0v) is 33.2. The molecule has 2 heterocycles. The van der Waals surface area contributed by atoms with Gasteiger partial charge in [-0.2, -0.15) is 0 Å². The zero-order valence-electron chi connectivity index (χ0n) is 33.2. The number of azide groups is 1. The first kappa shape index (κ1) is 46.6. The third-order valence-electron chi connectivity index (χ3n) is 9.25. The molecule has 2 unspecified atom stereocenters. The Morgan fingerprint density at radius 2 is 1.32 bits per heavy atom. The second-order valence-electron chi connectivity index (χ2n) is 14.1. The number of ether oxygens (including phenoxy) is 9. The van der Waals surface area contributed by atoms with Crippen LogP contribution in [-0.2, 0) is 57.0 Å². The van der Waals surface area contributed by atoms with Gasteiger partial charge in [0.25, 0.3) is 0 Å². The highest BCUT2D eigenvalue weighted by Crippen LogP contribution is 2.29. The van der Waals surface area contributed by atoms with Crippen LogP contribution in [0.3, 0.4) is 0 Å². The lowest BCUT2D eigenvalue weighted by atomic mass is 10.0. The minimum absolute atomic E-state index is 0.0457. The average Bonchev–Trinajstić information content (AvgIpc) is 3.13. The monoisotopic (exact) mass is 757 g/mol. The quantitative estimate of drug-likeness (QED) is 0.0207. The Labute approximate surface area is 316 Å². The van der Waals surface area contributed by atoms with Gasteiger partial charge in [0.05, 0.1) is 36.9 Å². The van der Waals surface area contributed by atoms with Crippen molar-refractivity contribution in [1.82, 2.24) is 0 Å². The predicted octanol–water partition coefficient (Wildman–Crippen LogP) is 7.11. The molecule has 10 atom stereocenters.